The molecule has 285 valence electrons. The zero-order valence-electron chi connectivity index (χ0n) is 33.0. The number of aromatic hydroxyl groups is 1. The van der Waals surface area contributed by atoms with Gasteiger partial charge in [0.1, 0.15) is 5.75 Å². The van der Waals surface area contributed by atoms with Gasteiger partial charge in [0.15, 0.2) is 0 Å². The standard InChI is InChI=1S/C52H51N2O2.Pb/c55-51-44-20-10-31-53-29-8-18-42(49(44)53)34-46(51)37(23-22-36-12-3-1-4-13-36)24-26-40-16-7-17-41(48(40)39-14-5-2-6-15-39)27-25-38-28-33-56-52-45-21-11-32-54-30-9-19-43(50(45)54)35-47(38)52;/h1-6,12-15,23-28,34-35,55H,7-11,16-22,29-32H2;/b26-24+,37-23-,38-25+,41-27+;. The molecular weight excluding hydrogens is 892 g/mol. The molecule has 4 aromatic rings. The van der Waals surface area contributed by atoms with Crippen molar-refractivity contribution in [1.29, 1.82) is 0 Å². The Hall–Kier alpha value is -4.56. The molecule has 5 heteroatoms. The summed E-state index contributed by atoms with van der Waals surface area (Å²) in [6.07, 6.45) is 27.1. The summed E-state index contributed by atoms with van der Waals surface area (Å²) in [6.45, 7) is 4.53. The smallest absolute Gasteiger partial charge is 0.0468 e. The van der Waals surface area contributed by atoms with Crippen molar-refractivity contribution in [2.24, 2.45) is 0 Å². The van der Waals surface area contributed by atoms with Crippen molar-refractivity contribution in [3.63, 3.8) is 0 Å². The Bertz CT molecular complexity index is 2410. The number of phenolic OH excluding ortho intramolecular Hbond substituents is 1. The zero-order valence-corrected chi connectivity index (χ0v) is 36.8. The third-order valence-corrected chi connectivity index (χ3v) is 14.0. The van der Waals surface area contributed by atoms with Crippen LogP contribution >= 0.6 is 0 Å². The van der Waals surface area contributed by atoms with E-state index >= 15 is 0 Å². The van der Waals surface area contributed by atoms with Crippen molar-refractivity contribution < 1.29 is 9.84 Å². The van der Waals surface area contributed by atoms with Crippen molar-refractivity contribution in [3.05, 3.63) is 168 Å². The Kier molecular flexibility index (Phi) is 10.3. The molecular formula is C52H51N2O2Pb. The van der Waals surface area contributed by atoms with E-state index in [4.69, 9.17) is 4.74 Å². The summed E-state index contributed by atoms with van der Waals surface area (Å²) in [4.78, 5) is 5.13. The second-order valence-corrected chi connectivity index (χ2v) is 18.5. The van der Waals surface area contributed by atoms with Gasteiger partial charge in [-0.3, -0.25) is 0 Å². The number of anilines is 2. The number of rotatable bonds is 7. The van der Waals surface area contributed by atoms with E-state index in [2.05, 4.69) is 119 Å². The largest absolute Gasteiger partial charge is 0.371 e. The molecule has 0 unspecified atom stereocenters. The molecule has 0 aromatic heterocycles. The summed E-state index contributed by atoms with van der Waals surface area (Å²) in [6, 6.07) is 26.5. The van der Waals surface area contributed by atoms with Crippen molar-refractivity contribution in [2.45, 2.75) is 77.0 Å². The van der Waals surface area contributed by atoms with Crippen LogP contribution in [0.15, 0.2) is 124 Å². The van der Waals surface area contributed by atoms with Crippen LogP contribution in [0, 0.1) is 0 Å². The van der Waals surface area contributed by atoms with E-state index < -0.39 is 0 Å². The number of hydrogen-bond donors (Lipinski definition) is 1. The zero-order chi connectivity index (χ0) is 38.3. The van der Waals surface area contributed by atoms with Crippen LogP contribution in [-0.2, 0) is 32.1 Å². The SMILES string of the molecule is Oc1c(C(=C\Cc2ccccc2)/C=C/C2=C(c3ccccc3)C(=C/C=C3\C=[C]([Pb])Oc4c3cc3c5c4CCCN5CCC3)/CCC2)cc2c3c1CCCN3CCC2. The Balaban J connectivity index is 1.07. The molecule has 4 nitrogen and oxygen atoms in total. The van der Waals surface area contributed by atoms with E-state index in [0.717, 1.165) is 122 Å². The van der Waals surface area contributed by atoms with Crippen molar-refractivity contribution in [3.8, 4) is 11.5 Å². The van der Waals surface area contributed by atoms with Crippen LogP contribution in [0.1, 0.15) is 89.5 Å². The number of phenols is 1. The molecule has 3 radical (unpaired) electrons. The first kappa shape index (κ1) is 36.8. The summed E-state index contributed by atoms with van der Waals surface area (Å²) in [5.41, 5.74) is 19.5. The van der Waals surface area contributed by atoms with Gasteiger partial charge in [0.25, 0.3) is 0 Å². The van der Waals surface area contributed by atoms with Crippen LogP contribution in [0.3, 0.4) is 0 Å². The third-order valence-electron chi connectivity index (χ3n) is 13.0. The number of allylic oxidation sites excluding steroid dienone is 11. The molecule has 0 atom stereocenters. The molecule has 5 heterocycles. The number of ether oxygens (including phenoxy) is 1. The first-order chi connectivity index (χ1) is 28.1. The number of hydrogen-bond acceptors (Lipinski definition) is 4. The molecule has 0 bridgehead atoms. The molecule has 57 heavy (non-hydrogen) atoms. The van der Waals surface area contributed by atoms with E-state index in [-0.39, 0.29) is 0 Å². The maximum atomic E-state index is 12.0. The van der Waals surface area contributed by atoms with Crippen LogP contribution in [0.25, 0.3) is 16.7 Å². The van der Waals surface area contributed by atoms with Gasteiger partial charge in [0.2, 0.25) is 0 Å². The predicted molar refractivity (Wildman–Crippen MR) is 237 cm³/mol. The number of nitrogens with zero attached hydrogens (tertiary/aromatic N) is 2. The van der Waals surface area contributed by atoms with Gasteiger partial charge in [-0.15, -0.1) is 0 Å². The quantitative estimate of drug-likeness (QED) is 0.148. The Morgan fingerprint density at radius 1 is 0.719 bits per heavy atom. The minimum Gasteiger partial charge on any atom is -0.371 e. The third kappa shape index (κ3) is 7.17. The van der Waals surface area contributed by atoms with Gasteiger partial charge in [0.05, 0.1) is 0 Å². The number of benzene rings is 4. The van der Waals surface area contributed by atoms with Crippen molar-refractivity contribution in [1.82, 2.24) is 0 Å². The summed E-state index contributed by atoms with van der Waals surface area (Å²) in [5.74, 6) is 1.59. The Morgan fingerprint density at radius 2 is 1.39 bits per heavy atom. The van der Waals surface area contributed by atoms with Crippen LogP contribution in [0.2, 0.25) is 0 Å². The number of fused-ring (bicyclic) bond motifs is 2. The van der Waals surface area contributed by atoms with Gasteiger partial charge in [-0.1, -0.05) is 30.3 Å². The fraction of sp³-hybridized carbons (Fsp3) is 0.308. The summed E-state index contributed by atoms with van der Waals surface area (Å²) in [7, 11) is 0. The second kappa shape index (κ2) is 16.0. The summed E-state index contributed by atoms with van der Waals surface area (Å²) >= 11 is 0.875. The maximum absolute atomic E-state index is 12.0. The van der Waals surface area contributed by atoms with Gasteiger partial charge >= 0.3 is 237 Å². The first-order valence-corrected chi connectivity index (χ1v) is 23.3. The normalized spacial score (nSPS) is 20.4. The number of aryl methyl sites for hydroxylation is 2. The minimum absolute atomic E-state index is 0.476. The fourth-order valence-electron chi connectivity index (χ4n) is 10.4. The molecule has 0 spiro atoms. The molecule has 10 rings (SSSR count). The molecule has 0 amide bonds. The first-order valence-electron chi connectivity index (χ1n) is 21.4. The molecule has 1 N–H and O–H groups in total. The molecule has 5 aliphatic heterocycles. The van der Waals surface area contributed by atoms with E-state index in [9.17, 15) is 5.11 Å². The summed E-state index contributed by atoms with van der Waals surface area (Å²) < 4.78 is 7.72. The van der Waals surface area contributed by atoms with Gasteiger partial charge in [-0.25, -0.2) is 0 Å². The maximum Gasteiger partial charge on any atom is 0.0468 e. The molecule has 0 fully saturated rings. The molecule has 6 aliphatic rings. The van der Waals surface area contributed by atoms with Gasteiger partial charge in [-0.2, -0.15) is 0 Å². The monoisotopic (exact) mass is 943 g/mol. The average Bonchev–Trinajstić information content (AvgIpc) is 3.25. The van der Waals surface area contributed by atoms with Crippen LogP contribution in [0.5, 0.6) is 11.5 Å². The van der Waals surface area contributed by atoms with E-state index in [1.165, 1.54) is 99.4 Å². The van der Waals surface area contributed by atoms with Gasteiger partial charge < -0.3 is 10.0 Å². The fourth-order valence-corrected chi connectivity index (χ4v) is 11.4. The molecule has 0 saturated carbocycles. The van der Waals surface area contributed by atoms with Gasteiger partial charge in [-0.05, 0) is 49.3 Å². The minimum atomic E-state index is 0.476. The Morgan fingerprint density at radius 3 is 2.14 bits per heavy atom. The van der Waals surface area contributed by atoms with Gasteiger partial charge in [0, 0.05) is 24.3 Å². The van der Waals surface area contributed by atoms with Crippen LogP contribution in [-0.4, -0.2) is 57.1 Å². The van der Waals surface area contributed by atoms with Crippen molar-refractivity contribution >= 4 is 53.9 Å². The van der Waals surface area contributed by atoms with E-state index in [0.29, 0.717) is 5.75 Å². The molecule has 0 saturated heterocycles. The second-order valence-electron chi connectivity index (χ2n) is 16.6. The molecule has 4 aromatic carbocycles. The van der Waals surface area contributed by atoms with Crippen molar-refractivity contribution in [2.75, 3.05) is 36.0 Å². The predicted octanol–water partition coefficient (Wildman–Crippen LogP) is 11.0. The average molecular weight is 943 g/mol. The van der Waals surface area contributed by atoms with E-state index in [1.807, 2.05) is 0 Å². The van der Waals surface area contributed by atoms with Crippen LogP contribution < -0.4 is 14.5 Å². The summed E-state index contributed by atoms with van der Waals surface area (Å²) in [5, 5.41) is 12.0. The topological polar surface area (TPSA) is 35.9 Å². The van der Waals surface area contributed by atoms with Crippen LogP contribution in [0.4, 0.5) is 11.4 Å². The Labute approximate surface area is 354 Å². The molecule has 1 aliphatic carbocycles. The van der Waals surface area contributed by atoms with E-state index in [1.54, 1.807) is 0 Å².